The van der Waals surface area contributed by atoms with Gasteiger partial charge in [0.05, 0.1) is 34.7 Å². The van der Waals surface area contributed by atoms with Crippen molar-refractivity contribution in [1.29, 1.82) is 0 Å². The molecule has 0 N–H and O–H groups in total. The average Bonchev–Trinajstić information content (AvgIpc) is 3.99. The smallest absolute Gasteiger partial charge is 0.216 e. The summed E-state index contributed by atoms with van der Waals surface area (Å²) >= 11 is 0. The molecule has 0 fully saturated rings. The monoisotopic (exact) mass is 1160 g/mol. The van der Waals surface area contributed by atoms with Crippen molar-refractivity contribution in [3.05, 3.63) is 204 Å². The van der Waals surface area contributed by atoms with Gasteiger partial charge in [-0.3, -0.25) is 4.98 Å². The molecule has 375 valence electrons. The van der Waals surface area contributed by atoms with Crippen molar-refractivity contribution in [2.75, 3.05) is 0 Å². The van der Waals surface area contributed by atoms with Crippen LogP contribution in [0.15, 0.2) is 162 Å². The van der Waals surface area contributed by atoms with Gasteiger partial charge >= 0.3 is 0 Å². The molecule has 0 aliphatic carbocycles. The summed E-state index contributed by atoms with van der Waals surface area (Å²) in [5, 5.41) is 1.79. The van der Waals surface area contributed by atoms with Crippen LogP contribution >= 0.6 is 0 Å². The Hall–Kier alpha value is -7.96. The standard InChI is InChI=1S/C54H50N7O.C11H8N.Ir/c1-31(2)40-28-35(33-18-13-12-14-19-33)29-41(32(3)4)46(40)61-45-23-16-15-22-43(45)56-49(61)39-21-17-20-36-37-26-27-42(57-50(37)62-47(36)39)38-25-24-34(30-44(38)55-11)48-58-51(53(5,6)7)60-52(59-48)54(8,9)10;1-2-6-10(7-3-1)11-8-4-5-9-12-11;/h12-20,22-32H,1-10H3;1-6,8-9H;/q2*-1;. The summed E-state index contributed by atoms with van der Waals surface area (Å²) in [6.07, 6.45) is 1.79. The van der Waals surface area contributed by atoms with Crippen molar-refractivity contribution in [2.24, 2.45) is 0 Å². The summed E-state index contributed by atoms with van der Waals surface area (Å²) in [6, 6.07) is 57.7. The molecule has 1 radical (unpaired) electrons. The van der Waals surface area contributed by atoms with E-state index in [4.69, 9.17) is 35.9 Å². The third kappa shape index (κ3) is 10.4. The number of fused-ring (bicyclic) bond motifs is 4. The number of imidazole rings is 1. The molecule has 0 aliphatic heterocycles. The maximum atomic E-state index is 8.23. The van der Waals surface area contributed by atoms with Gasteiger partial charge < -0.3 is 14.0 Å². The summed E-state index contributed by atoms with van der Waals surface area (Å²) in [4.78, 5) is 33.2. The Bertz CT molecular complexity index is 3780. The van der Waals surface area contributed by atoms with Gasteiger partial charge in [-0.2, -0.15) is 0 Å². The number of nitrogens with zero attached hydrogens (tertiary/aromatic N) is 8. The molecule has 0 unspecified atom stereocenters. The largest absolute Gasteiger partial charge is 0.486 e. The minimum Gasteiger partial charge on any atom is -0.486 e. The average molecular weight is 1160 g/mol. The molecule has 0 aliphatic rings. The van der Waals surface area contributed by atoms with E-state index in [0.29, 0.717) is 45.7 Å². The van der Waals surface area contributed by atoms with Crippen molar-refractivity contribution >= 4 is 38.8 Å². The molecule has 75 heavy (non-hydrogen) atoms. The topological polar surface area (TPSA) is 99.8 Å². The molecule has 0 spiro atoms. The van der Waals surface area contributed by atoms with Crippen LogP contribution in [0.1, 0.15) is 104 Å². The van der Waals surface area contributed by atoms with E-state index >= 15 is 0 Å². The van der Waals surface area contributed by atoms with E-state index < -0.39 is 0 Å². The summed E-state index contributed by atoms with van der Waals surface area (Å²) in [7, 11) is 0. The number of rotatable bonds is 8. The first-order chi connectivity index (χ1) is 35.6. The molecular formula is C65H58IrN8O-2. The molecule has 0 atom stereocenters. The number of furan rings is 1. The summed E-state index contributed by atoms with van der Waals surface area (Å²) < 4.78 is 9.09. The summed E-state index contributed by atoms with van der Waals surface area (Å²) in [6.45, 7) is 29.9. The number of benzene rings is 6. The second kappa shape index (κ2) is 21.1. The van der Waals surface area contributed by atoms with E-state index in [2.05, 4.69) is 156 Å². The SMILES string of the molecule is [C-]#[N+]c1cc(-c2nc(C(C)(C)C)nc(C(C)(C)C)n2)ccc1-c1ccc2c(n1)oc1c(-c3nc4ccccc4n3-c3c(C(C)C)cc(-c4ccccc4)cc3C(C)C)[c-]ccc12.[Ir].[c-]1ccccc1-c1ccccn1. The van der Waals surface area contributed by atoms with Gasteiger partial charge in [-0.05, 0) is 88.3 Å². The second-order valence-corrected chi connectivity index (χ2v) is 21.3. The van der Waals surface area contributed by atoms with E-state index in [1.165, 1.54) is 22.3 Å². The summed E-state index contributed by atoms with van der Waals surface area (Å²) in [5.74, 6) is 3.18. The van der Waals surface area contributed by atoms with Crippen LogP contribution in [0.4, 0.5) is 5.69 Å². The molecule has 0 bridgehead atoms. The molecule has 6 aromatic carbocycles. The van der Waals surface area contributed by atoms with Crippen molar-refractivity contribution < 1.29 is 24.5 Å². The Morgan fingerprint density at radius 2 is 1.27 bits per heavy atom. The van der Waals surface area contributed by atoms with Crippen molar-refractivity contribution in [2.45, 2.75) is 91.9 Å². The Balaban J connectivity index is 0.000000464. The van der Waals surface area contributed by atoms with E-state index in [1.807, 2.05) is 91.0 Å². The first-order valence-electron chi connectivity index (χ1n) is 25.2. The molecule has 5 heterocycles. The predicted molar refractivity (Wildman–Crippen MR) is 300 cm³/mol. The van der Waals surface area contributed by atoms with Gasteiger partial charge in [0.1, 0.15) is 11.6 Å². The van der Waals surface area contributed by atoms with Gasteiger partial charge in [-0.1, -0.05) is 147 Å². The van der Waals surface area contributed by atoms with Crippen molar-refractivity contribution in [3.8, 4) is 62.1 Å². The van der Waals surface area contributed by atoms with Crippen molar-refractivity contribution in [3.63, 3.8) is 0 Å². The number of hydrogen-bond donors (Lipinski definition) is 0. The molecule has 11 rings (SSSR count). The third-order valence-electron chi connectivity index (χ3n) is 13.1. The summed E-state index contributed by atoms with van der Waals surface area (Å²) in [5.41, 5.74) is 13.8. The zero-order valence-corrected chi connectivity index (χ0v) is 46.4. The molecule has 0 saturated carbocycles. The zero-order valence-electron chi connectivity index (χ0n) is 44.0. The maximum absolute atomic E-state index is 8.23. The van der Waals surface area contributed by atoms with Gasteiger partial charge in [0.15, 0.2) is 11.5 Å². The minimum atomic E-state index is -0.279. The molecule has 5 aromatic heterocycles. The van der Waals surface area contributed by atoms with Crippen LogP contribution < -0.4 is 0 Å². The molecule has 10 heteroatoms. The Kier molecular flexibility index (Phi) is 14.6. The molecular weight excluding hydrogens is 1100 g/mol. The van der Waals surface area contributed by atoms with Gasteiger partial charge in [0.2, 0.25) is 5.71 Å². The van der Waals surface area contributed by atoms with Gasteiger partial charge in [0, 0.05) is 59.3 Å². The molecule has 0 amide bonds. The predicted octanol–water partition coefficient (Wildman–Crippen LogP) is 16.9. The number of pyridine rings is 2. The molecule has 0 saturated heterocycles. The van der Waals surface area contributed by atoms with Gasteiger partial charge in [-0.25, -0.2) is 24.8 Å². The number of aromatic nitrogens is 7. The Labute approximate surface area is 453 Å². The number of hydrogen-bond acceptors (Lipinski definition) is 7. The van der Waals surface area contributed by atoms with Crippen LogP contribution in [-0.4, -0.2) is 34.5 Å². The van der Waals surface area contributed by atoms with E-state index in [0.717, 1.165) is 55.7 Å². The van der Waals surface area contributed by atoms with E-state index in [-0.39, 0.29) is 42.8 Å². The molecule has 11 aromatic rings. The second-order valence-electron chi connectivity index (χ2n) is 21.3. The van der Waals surface area contributed by atoms with Crippen LogP contribution in [0.25, 0.3) is 100 Å². The fraction of sp³-hybridized carbons (Fsp3) is 0.215. The first-order valence-corrected chi connectivity index (χ1v) is 25.2. The normalized spacial score (nSPS) is 11.7. The van der Waals surface area contributed by atoms with Crippen LogP contribution in [0.5, 0.6) is 0 Å². The van der Waals surface area contributed by atoms with Gasteiger partial charge in [-0.15, -0.1) is 54.1 Å². The maximum Gasteiger partial charge on any atom is 0.216 e. The van der Waals surface area contributed by atoms with Crippen LogP contribution in [0, 0.1) is 18.7 Å². The first kappa shape index (κ1) is 51.9. The van der Waals surface area contributed by atoms with E-state index in [9.17, 15) is 0 Å². The van der Waals surface area contributed by atoms with Crippen LogP contribution in [0.3, 0.4) is 0 Å². The quantitative estimate of drug-likeness (QED) is 0.140. The minimum absolute atomic E-state index is 0. The van der Waals surface area contributed by atoms with Crippen LogP contribution in [-0.2, 0) is 30.9 Å². The van der Waals surface area contributed by atoms with Gasteiger partial charge in [0.25, 0.3) is 0 Å². The Morgan fingerprint density at radius 3 is 1.91 bits per heavy atom. The Morgan fingerprint density at radius 1 is 0.587 bits per heavy atom. The molecule has 9 nitrogen and oxygen atoms in total. The fourth-order valence-corrected chi connectivity index (χ4v) is 9.20. The zero-order chi connectivity index (χ0) is 51.9. The van der Waals surface area contributed by atoms with E-state index in [1.54, 1.807) is 6.20 Å². The number of para-hydroxylation sites is 2. The van der Waals surface area contributed by atoms with Crippen molar-refractivity contribution in [1.82, 2.24) is 34.5 Å². The third-order valence-corrected chi connectivity index (χ3v) is 13.1. The fourth-order valence-electron chi connectivity index (χ4n) is 9.20. The van der Waals surface area contributed by atoms with Crippen LogP contribution in [0.2, 0.25) is 0 Å².